The summed E-state index contributed by atoms with van der Waals surface area (Å²) in [5, 5.41) is 4.42. The zero-order valence-electron chi connectivity index (χ0n) is 8.54. The number of aromatic nitrogens is 1. The largest absolute Gasteiger partial charge is 0.384 e. The van der Waals surface area contributed by atoms with Crippen LogP contribution in [0, 0.1) is 6.92 Å². The van der Waals surface area contributed by atoms with Crippen molar-refractivity contribution in [3.63, 3.8) is 0 Å². The van der Waals surface area contributed by atoms with Crippen molar-refractivity contribution in [3.8, 4) is 0 Å². The predicted octanol–water partition coefficient (Wildman–Crippen LogP) is 2.40. The maximum atomic E-state index is 5.74. The van der Waals surface area contributed by atoms with Crippen LogP contribution >= 0.6 is 0 Å². The van der Waals surface area contributed by atoms with E-state index in [1.165, 1.54) is 0 Å². The molecular formula is C10H17N3. The Morgan fingerprint density at radius 1 is 1.54 bits per heavy atom. The summed E-state index contributed by atoms with van der Waals surface area (Å²) < 4.78 is 1.78. The summed E-state index contributed by atoms with van der Waals surface area (Å²) >= 11 is 0. The monoisotopic (exact) mass is 179 g/mol. The molecule has 0 spiro atoms. The molecule has 3 nitrogen and oxygen atoms in total. The third kappa shape index (κ3) is 2.34. The van der Waals surface area contributed by atoms with Crippen LogP contribution < -0.4 is 5.73 Å². The Balaban J connectivity index is 2.89. The second-order valence-electron chi connectivity index (χ2n) is 3.30. The zero-order chi connectivity index (χ0) is 9.84. The van der Waals surface area contributed by atoms with Crippen LogP contribution in [-0.2, 0) is 0 Å². The van der Waals surface area contributed by atoms with Crippen molar-refractivity contribution in [1.82, 2.24) is 4.68 Å². The summed E-state index contributed by atoms with van der Waals surface area (Å²) in [6.45, 7) is 6.17. The number of aryl methyl sites for hydroxylation is 1. The molecule has 13 heavy (non-hydrogen) atoms. The molecule has 0 atom stereocenters. The first-order valence-electron chi connectivity index (χ1n) is 4.63. The molecule has 72 valence electrons. The van der Waals surface area contributed by atoms with Crippen molar-refractivity contribution in [2.75, 3.05) is 5.73 Å². The average molecular weight is 179 g/mol. The number of anilines is 1. The first-order valence-corrected chi connectivity index (χ1v) is 4.63. The third-order valence-electron chi connectivity index (χ3n) is 1.96. The second kappa shape index (κ2) is 4.12. The molecule has 3 heteroatoms. The van der Waals surface area contributed by atoms with Crippen molar-refractivity contribution in [1.29, 1.82) is 0 Å². The Kier molecular flexibility index (Phi) is 3.12. The Morgan fingerprint density at radius 2 is 2.23 bits per heavy atom. The molecule has 0 bridgehead atoms. The van der Waals surface area contributed by atoms with Crippen LogP contribution in [0.1, 0.15) is 32.4 Å². The highest BCUT2D eigenvalue weighted by atomic mass is 15.4. The van der Waals surface area contributed by atoms with E-state index in [1.807, 2.05) is 26.0 Å². The van der Waals surface area contributed by atoms with Gasteiger partial charge in [-0.1, -0.05) is 13.3 Å². The Bertz CT molecular complexity index is 290. The maximum Gasteiger partial charge on any atom is 0.125 e. The summed E-state index contributed by atoms with van der Waals surface area (Å²) in [6, 6.07) is 3.84. The summed E-state index contributed by atoms with van der Waals surface area (Å²) in [5.74, 6) is 0.702. The minimum atomic E-state index is 0.702. The number of hydrogen-bond donors (Lipinski definition) is 1. The fourth-order valence-electron chi connectivity index (χ4n) is 1.27. The van der Waals surface area contributed by atoms with Gasteiger partial charge in [0.05, 0.1) is 0 Å². The lowest BCUT2D eigenvalue weighted by atomic mass is 10.2. The average Bonchev–Trinajstić information content (AvgIpc) is 2.36. The van der Waals surface area contributed by atoms with E-state index in [2.05, 4.69) is 12.0 Å². The van der Waals surface area contributed by atoms with Gasteiger partial charge in [0.2, 0.25) is 0 Å². The predicted molar refractivity (Wildman–Crippen MR) is 57.0 cm³/mol. The Labute approximate surface area is 79.2 Å². The van der Waals surface area contributed by atoms with Gasteiger partial charge >= 0.3 is 0 Å². The molecule has 2 N–H and O–H groups in total. The van der Waals surface area contributed by atoms with Gasteiger partial charge in [0.1, 0.15) is 5.82 Å². The van der Waals surface area contributed by atoms with E-state index in [-0.39, 0.29) is 0 Å². The smallest absolute Gasteiger partial charge is 0.125 e. The second-order valence-corrected chi connectivity index (χ2v) is 3.30. The SMILES string of the molecule is CCCC(C)=Nn1c(C)ccc1N. The van der Waals surface area contributed by atoms with Gasteiger partial charge in [0, 0.05) is 11.4 Å². The summed E-state index contributed by atoms with van der Waals surface area (Å²) in [4.78, 5) is 0. The van der Waals surface area contributed by atoms with Gasteiger partial charge in [-0.2, -0.15) is 5.10 Å². The topological polar surface area (TPSA) is 43.3 Å². The molecule has 0 aliphatic heterocycles. The summed E-state index contributed by atoms with van der Waals surface area (Å²) in [7, 11) is 0. The lowest BCUT2D eigenvalue weighted by Crippen LogP contribution is -2.02. The normalized spacial score (nSPS) is 12.1. The van der Waals surface area contributed by atoms with Crippen molar-refractivity contribution < 1.29 is 0 Å². The lowest BCUT2D eigenvalue weighted by molar-refractivity contribution is 0.841. The molecule has 0 saturated carbocycles. The third-order valence-corrected chi connectivity index (χ3v) is 1.96. The van der Waals surface area contributed by atoms with Gasteiger partial charge in [-0.3, -0.25) is 0 Å². The molecule has 1 heterocycles. The molecule has 0 fully saturated rings. The van der Waals surface area contributed by atoms with E-state index in [4.69, 9.17) is 5.73 Å². The van der Waals surface area contributed by atoms with Crippen LogP contribution in [0.5, 0.6) is 0 Å². The van der Waals surface area contributed by atoms with Gasteiger partial charge in [-0.05, 0) is 32.4 Å². The van der Waals surface area contributed by atoms with Crippen LogP contribution in [0.4, 0.5) is 5.82 Å². The molecule has 0 unspecified atom stereocenters. The van der Waals surface area contributed by atoms with E-state index >= 15 is 0 Å². The molecule has 0 aliphatic rings. The molecular weight excluding hydrogens is 162 g/mol. The fourth-order valence-corrected chi connectivity index (χ4v) is 1.27. The van der Waals surface area contributed by atoms with Crippen molar-refractivity contribution in [3.05, 3.63) is 17.8 Å². The zero-order valence-corrected chi connectivity index (χ0v) is 8.54. The molecule has 1 rings (SSSR count). The van der Waals surface area contributed by atoms with Crippen LogP contribution in [0.3, 0.4) is 0 Å². The molecule has 0 saturated heterocycles. The lowest BCUT2D eigenvalue weighted by Gasteiger charge is -2.03. The van der Waals surface area contributed by atoms with Gasteiger partial charge in [-0.15, -0.1) is 0 Å². The van der Waals surface area contributed by atoms with E-state index in [1.54, 1.807) is 4.68 Å². The fraction of sp³-hybridized carbons (Fsp3) is 0.500. The molecule has 1 aromatic rings. The van der Waals surface area contributed by atoms with Crippen molar-refractivity contribution >= 4 is 11.5 Å². The van der Waals surface area contributed by atoms with Crippen molar-refractivity contribution in [2.24, 2.45) is 5.10 Å². The van der Waals surface area contributed by atoms with E-state index in [0.29, 0.717) is 5.82 Å². The first-order chi connectivity index (χ1) is 6.15. The summed E-state index contributed by atoms with van der Waals surface area (Å²) in [5.41, 5.74) is 7.94. The van der Waals surface area contributed by atoms with Crippen LogP contribution in [0.2, 0.25) is 0 Å². The number of rotatable bonds is 3. The van der Waals surface area contributed by atoms with E-state index in [9.17, 15) is 0 Å². The Morgan fingerprint density at radius 3 is 2.69 bits per heavy atom. The number of hydrogen-bond acceptors (Lipinski definition) is 2. The number of nitrogens with zero attached hydrogens (tertiary/aromatic N) is 2. The molecule has 1 aromatic heterocycles. The van der Waals surface area contributed by atoms with Gasteiger partial charge in [0.25, 0.3) is 0 Å². The molecule has 0 aliphatic carbocycles. The first kappa shape index (κ1) is 9.84. The Hall–Kier alpha value is -1.25. The van der Waals surface area contributed by atoms with Gasteiger partial charge < -0.3 is 5.73 Å². The highest BCUT2D eigenvalue weighted by Crippen LogP contribution is 2.10. The van der Waals surface area contributed by atoms with Crippen molar-refractivity contribution in [2.45, 2.75) is 33.6 Å². The standard InChI is InChI=1S/C10H17N3/c1-4-5-8(2)12-13-9(3)6-7-10(13)11/h6-7H,4-5,11H2,1-3H3. The highest BCUT2D eigenvalue weighted by molar-refractivity contribution is 5.81. The number of nitrogen functional groups attached to an aromatic ring is 1. The number of nitrogens with two attached hydrogens (primary N) is 1. The minimum absolute atomic E-state index is 0.702. The molecule has 0 radical (unpaired) electrons. The van der Waals surface area contributed by atoms with Gasteiger partial charge in [0.15, 0.2) is 0 Å². The molecule has 0 amide bonds. The highest BCUT2D eigenvalue weighted by Gasteiger charge is 1.99. The quantitative estimate of drug-likeness (QED) is 0.711. The van der Waals surface area contributed by atoms with E-state index < -0.39 is 0 Å². The van der Waals surface area contributed by atoms with Gasteiger partial charge in [-0.25, -0.2) is 4.68 Å². The van der Waals surface area contributed by atoms with Crippen LogP contribution in [0.25, 0.3) is 0 Å². The minimum Gasteiger partial charge on any atom is -0.384 e. The van der Waals surface area contributed by atoms with Crippen LogP contribution in [0.15, 0.2) is 17.2 Å². The summed E-state index contributed by atoms with van der Waals surface area (Å²) in [6.07, 6.45) is 2.15. The van der Waals surface area contributed by atoms with E-state index in [0.717, 1.165) is 24.2 Å². The maximum absolute atomic E-state index is 5.74. The van der Waals surface area contributed by atoms with Crippen LogP contribution in [-0.4, -0.2) is 10.4 Å². The molecule has 0 aromatic carbocycles.